The van der Waals surface area contributed by atoms with E-state index >= 15 is 0 Å². The zero-order chi connectivity index (χ0) is 15.4. The number of aromatic nitrogens is 4. The van der Waals surface area contributed by atoms with Crippen molar-refractivity contribution in [1.82, 2.24) is 20.2 Å². The number of nitrogen functional groups attached to an aromatic ring is 1. The van der Waals surface area contributed by atoms with Crippen LogP contribution in [-0.2, 0) is 12.8 Å². The fraction of sp³-hybridized carbons (Fsp3) is 0.308. The first kappa shape index (κ1) is 14.8. The predicted molar refractivity (Wildman–Crippen MR) is 75.1 cm³/mol. The monoisotopic (exact) mass is 290 g/mol. The number of pyridine rings is 1. The minimum atomic E-state index is -0.871. The lowest BCUT2D eigenvalue weighted by Gasteiger charge is -2.07. The molecule has 0 bridgehead atoms. The number of rotatable bonds is 4. The lowest BCUT2D eigenvalue weighted by atomic mass is 10.2. The van der Waals surface area contributed by atoms with E-state index in [1.54, 1.807) is 0 Å². The third-order valence-corrected chi connectivity index (χ3v) is 2.90. The largest absolute Gasteiger partial charge is 0.381 e. The van der Waals surface area contributed by atoms with E-state index in [4.69, 9.17) is 5.73 Å². The summed E-state index contributed by atoms with van der Waals surface area (Å²) in [4.78, 5) is 19.8. The zero-order valence-corrected chi connectivity index (χ0v) is 11.7. The van der Waals surface area contributed by atoms with Gasteiger partial charge in [0, 0.05) is 6.20 Å². The van der Waals surface area contributed by atoms with E-state index in [9.17, 15) is 9.18 Å². The summed E-state index contributed by atoms with van der Waals surface area (Å²) in [5.74, 6) is -1.88. The fourth-order valence-electron chi connectivity index (χ4n) is 1.80. The van der Waals surface area contributed by atoms with Crippen molar-refractivity contribution in [3.05, 3.63) is 35.0 Å². The first-order valence-corrected chi connectivity index (χ1v) is 6.50. The minimum Gasteiger partial charge on any atom is -0.381 e. The summed E-state index contributed by atoms with van der Waals surface area (Å²) in [5.41, 5.74) is 6.63. The molecule has 1 amide bonds. The van der Waals surface area contributed by atoms with Gasteiger partial charge in [-0.2, -0.15) is 0 Å². The van der Waals surface area contributed by atoms with Gasteiger partial charge in [0.15, 0.2) is 11.6 Å². The fourth-order valence-corrected chi connectivity index (χ4v) is 1.80. The van der Waals surface area contributed by atoms with Gasteiger partial charge in [-0.1, -0.05) is 13.8 Å². The first-order valence-electron chi connectivity index (χ1n) is 6.50. The third kappa shape index (κ3) is 3.10. The van der Waals surface area contributed by atoms with Crippen molar-refractivity contribution in [3.63, 3.8) is 0 Å². The predicted octanol–water partition coefficient (Wildman–Crippen LogP) is 1.36. The molecule has 0 saturated heterocycles. The van der Waals surface area contributed by atoms with Crippen molar-refractivity contribution in [2.45, 2.75) is 26.7 Å². The summed E-state index contributed by atoms with van der Waals surface area (Å²) in [7, 11) is 0. The highest BCUT2D eigenvalue weighted by atomic mass is 19.1. The molecule has 3 N–H and O–H groups in total. The summed E-state index contributed by atoms with van der Waals surface area (Å²) < 4.78 is 13.7. The van der Waals surface area contributed by atoms with Crippen molar-refractivity contribution in [3.8, 4) is 0 Å². The average molecular weight is 290 g/mol. The van der Waals surface area contributed by atoms with Gasteiger partial charge in [0.05, 0.1) is 17.0 Å². The molecule has 110 valence electrons. The van der Waals surface area contributed by atoms with Gasteiger partial charge in [-0.3, -0.25) is 10.1 Å². The lowest BCUT2D eigenvalue weighted by Crippen LogP contribution is -2.18. The number of halogens is 1. The molecule has 0 aliphatic heterocycles. The third-order valence-electron chi connectivity index (χ3n) is 2.90. The molecule has 0 aliphatic rings. The summed E-state index contributed by atoms with van der Waals surface area (Å²) >= 11 is 0. The van der Waals surface area contributed by atoms with Gasteiger partial charge in [0.1, 0.15) is 0 Å². The Labute approximate surface area is 120 Å². The molecule has 0 spiro atoms. The molecule has 2 aromatic heterocycles. The van der Waals surface area contributed by atoms with Crippen molar-refractivity contribution in [1.29, 1.82) is 0 Å². The van der Waals surface area contributed by atoms with Crippen LogP contribution in [0.3, 0.4) is 0 Å². The van der Waals surface area contributed by atoms with Gasteiger partial charge in [-0.05, 0) is 18.9 Å². The highest BCUT2D eigenvalue weighted by Gasteiger charge is 2.16. The summed E-state index contributed by atoms with van der Waals surface area (Å²) in [6.07, 6.45) is 2.62. The van der Waals surface area contributed by atoms with Crippen molar-refractivity contribution < 1.29 is 9.18 Å². The molecule has 0 radical (unpaired) electrons. The first-order chi connectivity index (χ1) is 10.1. The topological polar surface area (TPSA) is 107 Å². The number of hydrogen-bond donors (Lipinski definition) is 2. The van der Waals surface area contributed by atoms with Crippen molar-refractivity contribution in [2.24, 2.45) is 0 Å². The molecule has 8 heteroatoms. The van der Waals surface area contributed by atoms with Crippen LogP contribution in [0.5, 0.6) is 0 Å². The molecule has 0 fully saturated rings. The number of anilines is 2. The standard InChI is InChI=1S/C13H15FN6O/c1-3-8-9(4-2)19-20-13(17-8)18-12(21)7-5-6-16-11(15)10(7)14/h5-6H,3-4H2,1-2H3,(H2,15,16)(H,17,18,20,21). The number of aryl methyl sites for hydroxylation is 2. The molecular formula is C13H15FN6O. The van der Waals surface area contributed by atoms with E-state index in [0.29, 0.717) is 12.8 Å². The van der Waals surface area contributed by atoms with Gasteiger partial charge in [0.25, 0.3) is 5.91 Å². The second kappa shape index (κ2) is 6.21. The van der Waals surface area contributed by atoms with Gasteiger partial charge in [-0.15, -0.1) is 10.2 Å². The quantitative estimate of drug-likeness (QED) is 0.880. The Morgan fingerprint density at radius 3 is 2.67 bits per heavy atom. The molecule has 0 atom stereocenters. The van der Waals surface area contributed by atoms with Crippen LogP contribution in [0.1, 0.15) is 35.6 Å². The van der Waals surface area contributed by atoms with Crippen LogP contribution in [-0.4, -0.2) is 26.1 Å². The Bertz CT molecular complexity index is 676. The smallest absolute Gasteiger partial charge is 0.261 e. The lowest BCUT2D eigenvalue weighted by molar-refractivity contribution is 0.102. The molecule has 2 heterocycles. The van der Waals surface area contributed by atoms with Gasteiger partial charge in [0.2, 0.25) is 5.95 Å². The van der Waals surface area contributed by atoms with Crippen LogP contribution in [0, 0.1) is 5.82 Å². The van der Waals surface area contributed by atoms with E-state index in [2.05, 4.69) is 25.5 Å². The number of nitrogens with two attached hydrogens (primary N) is 1. The molecular weight excluding hydrogens is 275 g/mol. The van der Waals surface area contributed by atoms with E-state index in [1.807, 2.05) is 13.8 Å². The summed E-state index contributed by atoms with van der Waals surface area (Å²) in [6.45, 7) is 3.87. The molecule has 0 aromatic carbocycles. The van der Waals surface area contributed by atoms with Crippen LogP contribution in [0.15, 0.2) is 12.3 Å². The highest BCUT2D eigenvalue weighted by molar-refractivity contribution is 6.03. The Kier molecular flexibility index (Phi) is 4.36. The van der Waals surface area contributed by atoms with Gasteiger partial charge < -0.3 is 5.73 Å². The Hall–Kier alpha value is -2.64. The molecule has 2 rings (SSSR count). The maximum Gasteiger partial charge on any atom is 0.261 e. The highest BCUT2D eigenvalue weighted by Crippen LogP contribution is 2.13. The number of nitrogens with zero attached hydrogens (tertiary/aromatic N) is 4. The van der Waals surface area contributed by atoms with Crippen LogP contribution in [0.4, 0.5) is 16.2 Å². The normalized spacial score (nSPS) is 10.4. The maximum absolute atomic E-state index is 13.7. The van der Waals surface area contributed by atoms with Crippen molar-refractivity contribution in [2.75, 3.05) is 11.1 Å². The molecule has 7 nitrogen and oxygen atoms in total. The number of carbonyl (C=O) groups excluding carboxylic acids is 1. The minimum absolute atomic E-state index is 0.0313. The van der Waals surface area contributed by atoms with E-state index in [1.165, 1.54) is 12.3 Å². The van der Waals surface area contributed by atoms with E-state index < -0.39 is 11.7 Å². The summed E-state index contributed by atoms with van der Waals surface area (Å²) in [5, 5.41) is 10.2. The van der Waals surface area contributed by atoms with Crippen molar-refractivity contribution >= 4 is 17.7 Å². The van der Waals surface area contributed by atoms with Crippen LogP contribution in [0.2, 0.25) is 0 Å². The molecule has 21 heavy (non-hydrogen) atoms. The number of nitrogens with one attached hydrogen (secondary N) is 1. The van der Waals surface area contributed by atoms with Crippen LogP contribution in [0.25, 0.3) is 0 Å². The van der Waals surface area contributed by atoms with Crippen LogP contribution >= 0.6 is 0 Å². The Morgan fingerprint density at radius 2 is 2.00 bits per heavy atom. The molecule has 0 saturated carbocycles. The van der Waals surface area contributed by atoms with Gasteiger partial charge >= 0.3 is 0 Å². The number of carbonyl (C=O) groups is 1. The van der Waals surface area contributed by atoms with E-state index in [0.717, 1.165) is 11.4 Å². The Morgan fingerprint density at radius 1 is 1.29 bits per heavy atom. The van der Waals surface area contributed by atoms with Crippen LogP contribution < -0.4 is 11.1 Å². The van der Waals surface area contributed by atoms with Gasteiger partial charge in [-0.25, -0.2) is 14.4 Å². The molecule has 2 aromatic rings. The average Bonchev–Trinajstić information content (AvgIpc) is 2.49. The second-order valence-corrected chi connectivity index (χ2v) is 4.25. The summed E-state index contributed by atoms with van der Waals surface area (Å²) in [6, 6.07) is 1.23. The number of hydrogen-bond acceptors (Lipinski definition) is 6. The Balaban J connectivity index is 2.25. The van der Waals surface area contributed by atoms with E-state index in [-0.39, 0.29) is 17.3 Å². The maximum atomic E-state index is 13.7. The second-order valence-electron chi connectivity index (χ2n) is 4.25. The zero-order valence-electron chi connectivity index (χ0n) is 11.7. The number of amides is 1. The molecule has 0 unspecified atom stereocenters. The molecule has 0 aliphatic carbocycles. The SMILES string of the molecule is CCc1nnc(NC(=O)c2ccnc(N)c2F)nc1CC.